The van der Waals surface area contributed by atoms with Crippen molar-refractivity contribution in [2.75, 3.05) is 47.0 Å². The molecule has 1 aromatic carbocycles. The average Bonchev–Trinajstić information content (AvgIpc) is 2.96. The number of aliphatic imine (C=N–C) groups is 1. The van der Waals surface area contributed by atoms with E-state index in [9.17, 15) is 0 Å². The molecule has 130 valence electrons. The first-order chi connectivity index (χ1) is 10.7. The van der Waals surface area contributed by atoms with E-state index < -0.39 is 0 Å². The molecule has 0 radical (unpaired) electrons. The first kappa shape index (κ1) is 20.3. The highest BCUT2D eigenvalue weighted by molar-refractivity contribution is 14.0. The molecular weight excluding hydrogens is 429 g/mol. The quantitative estimate of drug-likeness (QED) is 0.311. The van der Waals surface area contributed by atoms with E-state index in [-0.39, 0.29) is 24.0 Å². The molecule has 1 aromatic rings. The van der Waals surface area contributed by atoms with Gasteiger partial charge in [-0.05, 0) is 24.6 Å². The largest absolute Gasteiger partial charge is 0.492 e. The average molecular weight is 454 g/mol. The van der Waals surface area contributed by atoms with Gasteiger partial charge in [-0.1, -0.05) is 17.7 Å². The van der Waals surface area contributed by atoms with Crippen LogP contribution >= 0.6 is 35.6 Å². The van der Waals surface area contributed by atoms with Gasteiger partial charge in [-0.25, -0.2) is 0 Å². The molecular formula is C16H25ClIN3O2. The summed E-state index contributed by atoms with van der Waals surface area (Å²) in [4.78, 5) is 6.60. The van der Waals surface area contributed by atoms with Crippen LogP contribution in [0.2, 0.25) is 5.02 Å². The molecule has 1 unspecified atom stereocenters. The Labute approximate surface area is 160 Å². The second kappa shape index (κ2) is 10.9. The maximum Gasteiger partial charge on any atom is 0.193 e. The summed E-state index contributed by atoms with van der Waals surface area (Å²) < 4.78 is 10.9. The Balaban J connectivity index is 0.00000264. The molecule has 1 saturated heterocycles. The zero-order valence-electron chi connectivity index (χ0n) is 13.6. The Morgan fingerprint density at radius 2 is 2.30 bits per heavy atom. The van der Waals surface area contributed by atoms with Crippen LogP contribution in [0.1, 0.15) is 6.42 Å². The topological polar surface area (TPSA) is 46.1 Å². The Bertz CT molecular complexity index is 502. The van der Waals surface area contributed by atoms with Crippen LogP contribution in [0.4, 0.5) is 0 Å². The molecule has 1 aliphatic heterocycles. The number of methoxy groups -OCH3 is 1. The molecule has 0 amide bonds. The third-order valence-electron chi connectivity index (χ3n) is 3.65. The van der Waals surface area contributed by atoms with Crippen LogP contribution in [0.25, 0.3) is 0 Å². The normalized spacial score (nSPS) is 17.8. The molecule has 0 spiro atoms. The maximum absolute atomic E-state index is 5.92. The molecule has 23 heavy (non-hydrogen) atoms. The van der Waals surface area contributed by atoms with Crippen molar-refractivity contribution in [3.05, 3.63) is 29.3 Å². The summed E-state index contributed by atoms with van der Waals surface area (Å²) in [6.07, 6.45) is 1.15. The van der Waals surface area contributed by atoms with Crippen molar-refractivity contribution >= 4 is 41.5 Å². The third-order valence-corrected chi connectivity index (χ3v) is 3.88. The number of hydrogen-bond donors (Lipinski definition) is 1. The van der Waals surface area contributed by atoms with E-state index in [1.807, 2.05) is 31.3 Å². The lowest BCUT2D eigenvalue weighted by molar-refractivity contribution is 0.157. The molecule has 0 aromatic heterocycles. The summed E-state index contributed by atoms with van der Waals surface area (Å²) >= 11 is 5.92. The molecule has 2 rings (SSSR count). The Kier molecular flexibility index (Phi) is 9.66. The summed E-state index contributed by atoms with van der Waals surface area (Å²) in [5, 5.41) is 4.02. The number of rotatable bonds is 6. The van der Waals surface area contributed by atoms with Gasteiger partial charge in [0.2, 0.25) is 0 Å². The second-order valence-corrected chi connectivity index (χ2v) is 5.77. The van der Waals surface area contributed by atoms with Gasteiger partial charge >= 0.3 is 0 Å². The van der Waals surface area contributed by atoms with Crippen molar-refractivity contribution in [2.24, 2.45) is 10.9 Å². The molecule has 1 N–H and O–H groups in total. The molecule has 0 bridgehead atoms. The first-order valence-electron chi connectivity index (χ1n) is 7.56. The van der Waals surface area contributed by atoms with Gasteiger partial charge in [0.15, 0.2) is 5.96 Å². The van der Waals surface area contributed by atoms with Crippen molar-refractivity contribution in [3.63, 3.8) is 0 Å². The van der Waals surface area contributed by atoms with Crippen molar-refractivity contribution in [1.82, 2.24) is 10.2 Å². The number of nitrogens with zero attached hydrogens (tertiary/aromatic N) is 2. The van der Waals surface area contributed by atoms with Gasteiger partial charge in [-0.15, -0.1) is 24.0 Å². The van der Waals surface area contributed by atoms with Gasteiger partial charge in [0.05, 0.1) is 13.2 Å². The predicted octanol–water partition coefficient (Wildman–Crippen LogP) is 2.88. The summed E-state index contributed by atoms with van der Waals surface area (Å²) in [7, 11) is 3.56. The van der Waals surface area contributed by atoms with Crippen LogP contribution < -0.4 is 10.1 Å². The summed E-state index contributed by atoms with van der Waals surface area (Å²) in [5.41, 5.74) is 0. The highest BCUT2D eigenvalue weighted by Gasteiger charge is 2.24. The minimum absolute atomic E-state index is 0. The number of nitrogens with one attached hydrogen (secondary N) is 1. The van der Waals surface area contributed by atoms with Crippen molar-refractivity contribution < 1.29 is 9.47 Å². The van der Waals surface area contributed by atoms with Gasteiger partial charge in [0, 0.05) is 38.2 Å². The number of guanidine groups is 1. The summed E-state index contributed by atoms with van der Waals surface area (Å²) in [6.45, 7) is 4.08. The van der Waals surface area contributed by atoms with Gasteiger partial charge in [-0.3, -0.25) is 4.99 Å². The summed E-state index contributed by atoms with van der Waals surface area (Å²) in [6, 6.07) is 7.42. The van der Waals surface area contributed by atoms with Gasteiger partial charge < -0.3 is 19.7 Å². The van der Waals surface area contributed by atoms with Gasteiger partial charge in [-0.2, -0.15) is 0 Å². The predicted molar refractivity (Wildman–Crippen MR) is 105 cm³/mol. The highest BCUT2D eigenvalue weighted by Crippen LogP contribution is 2.17. The molecule has 1 heterocycles. The molecule has 1 fully saturated rings. The second-order valence-electron chi connectivity index (χ2n) is 5.34. The minimum Gasteiger partial charge on any atom is -0.492 e. The van der Waals surface area contributed by atoms with Crippen LogP contribution in [-0.4, -0.2) is 57.9 Å². The van der Waals surface area contributed by atoms with Gasteiger partial charge in [0.25, 0.3) is 0 Å². The number of benzene rings is 1. The van der Waals surface area contributed by atoms with E-state index >= 15 is 0 Å². The van der Waals surface area contributed by atoms with E-state index in [1.165, 1.54) is 0 Å². The van der Waals surface area contributed by atoms with E-state index in [4.69, 9.17) is 21.1 Å². The molecule has 0 saturated carbocycles. The molecule has 7 heteroatoms. The standard InChI is InChI=1S/C16H24ClN3O2.HI/c1-18-16(20-8-6-13(11-20)12-21-2)19-7-9-22-15-5-3-4-14(17)10-15;/h3-5,10,13H,6-9,11-12H2,1-2H3,(H,18,19);1H. The minimum atomic E-state index is 0. The Hall–Kier alpha value is -0.730. The molecule has 5 nitrogen and oxygen atoms in total. The molecule has 1 aliphatic rings. The fourth-order valence-electron chi connectivity index (χ4n) is 2.62. The van der Waals surface area contributed by atoms with Gasteiger partial charge in [0.1, 0.15) is 12.4 Å². The number of hydrogen-bond acceptors (Lipinski definition) is 3. The monoisotopic (exact) mass is 453 g/mol. The third kappa shape index (κ3) is 6.73. The van der Waals surface area contributed by atoms with E-state index in [1.54, 1.807) is 7.11 Å². The van der Waals surface area contributed by atoms with Crippen molar-refractivity contribution in [1.29, 1.82) is 0 Å². The smallest absolute Gasteiger partial charge is 0.193 e. The molecule has 1 atom stereocenters. The van der Waals surface area contributed by atoms with E-state index in [0.717, 1.165) is 37.8 Å². The Morgan fingerprint density at radius 1 is 1.48 bits per heavy atom. The van der Waals surface area contributed by atoms with Crippen LogP contribution in [0.5, 0.6) is 5.75 Å². The lowest BCUT2D eigenvalue weighted by Crippen LogP contribution is -2.41. The fourth-order valence-corrected chi connectivity index (χ4v) is 2.80. The van der Waals surface area contributed by atoms with Crippen LogP contribution in [0.3, 0.4) is 0 Å². The lowest BCUT2D eigenvalue weighted by atomic mass is 10.1. The van der Waals surface area contributed by atoms with Crippen LogP contribution in [0.15, 0.2) is 29.3 Å². The maximum atomic E-state index is 5.92. The number of likely N-dealkylation sites (tertiary alicyclic amines) is 1. The van der Waals surface area contributed by atoms with E-state index in [0.29, 0.717) is 24.1 Å². The van der Waals surface area contributed by atoms with Crippen molar-refractivity contribution in [2.45, 2.75) is 6.42 Å². The van der Waals surface area contributed by atoms with E-state index in [2.05, 4.69) is 15.2 Å². The van der Waals surface area contributed by atoms with Crippen LogP contribution in [-0.2, 0) is 4.74 Å². The highest BCUT2D eigenvalue weighted by atomic mass is 127. The molecule has 0 aliphatic carbocycles. The fraction of sp³-hybridized carbons (Fsp3) is 0.562. The zero-order chi connectivity index (χ0) is 15.8. The summed E-state index contributed by atoms with van der Waals surface area (Å²) in [5.74, 6) is 2.30. The number of ether oxygens (including phenoxy) is 2. The zero-order valence-corrected chi connectivity index (χ0v) is 16.7. The SMILES string of the molecule is CN=C(NCCOc1cccc(Cl)c1)N1CCC(COC)C1.I. The lowest BCUT2D eigenvalue weighted by Gasteiger charge is -2.21. The first-order valence-corrected chi connectivity index (χ1v) is 7.93. The Morgan fingerprint density at radius 3 is 3.00 bits per heavy atom. The number of halogens is 2. The van der Waals surface area contributed by atoms with Crippen molar-refractivity contribution in [3.8, 4) is 5.75 Å². The van der Waals surface area contributed by atoms with Crippen LogP contribution in [0, 0.1) is 5.92 Å².